The lowest BCUT2D eigenvalue weighted by molar-refractivity contribution is 0.299. The fraction of sp³-hybridized carbons (Fsp3) is 0.750. The van der Waals surface area contributed by atoms with Gasteiger partial charge in [-0.2, -0.15) is 5.26 Å². The quantitative estimate of drug-likeness (QED) is 0.531. The molecule has 0 saturated heterocycles. The van der Waals surface area contributed by atoms with Crippen LogP contribution in [0, 0.1) is 11.3 Å². The van der Waals surface area contributed by atoms with E-state index in [-0.39, 0.29) is 0 Å². The second-order valence-electron chi connectivity index (χ2n) is 1.77. The van der Waals surface area contributed by atoms with E-state index in [4.69, 9.17) is 15.3 Å². The van der Waals surface area contributed by atoms with Gasteiger partial charge in [0, 0.05) is 6.66 Å². The molecule has 9 heavy (non-hydrogen) atoms. The van der Waals surface area contributed by atoms with Gasteiger partial charge in [0.2, 0.25) is 7.37 Å². The first-order valence-corrected chi connectivity index (χ1v) is 4.50. The van der Waals surface area contributed by atoms with Crippen LogP contribution in [0.4, 0.5) is 0 Å². The number of aliphatic hydroxyl groups is 1. The molecule has 0 aliphatic rings. The zero-order valence-electron chi connectivity index (χ0n) is 4.98. The van der Waals surface area contributed by atoms with Gasteiger partial charge in [0.05, 0.1) is 12.7 Å². The molecule has 2 unspecified atom stereocenters. The van der Waals surface area contributed by atoms with E-state index in [0.717, 1.165) is 6.66 Å². The Bertz CT molecular complexity index is 167. The number of nitrogens with zero attached hydrogens (tertiary/aromatic N) is 1. The lowest BCUT2D eigenvalue weighted by Crippen LogP contribution is -2.09. The molecule has 0 aromatic rings. The minimum atomic E-state index is -3.39. The summed E-state index contributed by atoms with van der Waals surface area (Å²) in [6, 6.07) is 1.53. The van der Waals surface area contributed by atoms with Crippen LogP contribution in [0.25, 0.3) is 0 Å². The number of nitriles is 1. The van der Waals surface area contributed by atoms with Crippen molar-refractivity contribution in [1.29, 1.82) is 5.26 Å². The van der Waals surface area contributed by atoms with E-state index < -0.39 is 19.6 Å². The van der Waals surface area contributed by atoms with Crippen molar-refractivity contribution >= 4 is 7.37 Å². The third-order valence-electron chi connectivity index (χ3n) is 0.900. The molecule has 2 atom stereocenters. The molecule has 0 aromatic carbocycles. The predicted molar refractivity (Wildman–Crippen MR) is 32.2 cm³/mol. The van der Waals surface area contributed by atoms with Crippen LogP contribution in [-0.4, -0.2) is 28.9 Å². The summed E-state index contributed by atoms with van der Waals surface area (Å²) in [5.74, 6) is 0. The Morgan fingerprint density at radius 1 is 1.89 bits per heavy atom. The molecule has 0 saturated carbocycles. The van der Waals surface area contributed by atoms with Crippen molar-refractivity contribution in [2.75, 3.05) is 13.3 Å². The molecule has 5 heteroatoms. The molecule has 0 radical (unpaired) electrons. The lowest BCUT2D eigenvalue weighted by atomic mass is 10.5. The van der Waals surface area contributed by atoms with E-state index in [0.29, 0.717) is 0 Å². The molecule has 52 valence electrons. The molecule has 2 N–H and O–H groups in total. The van der Waals surface area contributed by atoms with Gasteiger partial charge in [-0.1, -0.05) is 0 Å². The predicted octanol–water partition coefficient (Wildman–Crippen LogP) is -0.229. The molecule has 0 aliphatic heterocycles. The van der Waals surface area contributed by atoms with E-state index in [1.165, 1.54) is 6.07 Å². The van der Waals surface area contributed by atoms with Crippen molar-refractivity contribution in [3.63, 3.8) is 0 Å². The first-order chi connectivity index (χ1) is 4.02. The van der Waals surface area contributed by atoms with E-state index in [9.17, 15) is 4.57 Å². The molecule has 0 heterocycles. The van der Waals surface area contributed by atoms with Gasteiger partial charge < -0.3 is 10.00 Å². The number of hydrogen-bond acceptors (Lipinski definition) is 3. The number of hydrogen-bond donors (Lipinski definition) is 2. The highest BCUT2D eigenvalue weighted by Crippen LogP contribution is 2.40. The van der Waals surface area contributed by atoms with Gasteiger partial charge in [-0.3, -0.25) is 4.57 Å². The molecule has 0 fully saturated rings. The maximum absolute atomic E-state index is 10.5. The second kappa shape index (κ2) is 2.98. The van der Waals surface area contributed by atoms with E-state index >= 15 is 0 Å². The Morgan fingerprint density at radius 3 is 2.33 bits per heavy atom. The zero-order valence-corrected chi connectivity index (χ0v) is 5.88. The van der Waals surface area contributed by atoms with Gasteiger partial charge in [-0.25, -0.2) is 0 Å². The Morgan fingerprint density at radius 2 is 2.33 bits per heavy atom. The van der Waals surface area contributed by atoms with E-state index in [1.54, 1.807) is 0 Å². The first kappa shape index (κ1) is 8.64. The van der Waals surface area contributed by atoms with Crippen LogP contribution < -0.4 is 0 Å². The highest BCUT2D eigenvalue weighted by molar-refractivity contribution is 7.58. The van der Waals surface area contributed by atoms with E-state index in [1.807, 2.05) is 0 Å². The minimum absolute atomic E-state index is 0.555. The van der Waals surface area contributed by atoms with Gasteiger partial charge in [-0.15, -0.1) is 0 Å². The Hall–Kier alpha value is -0.360. The molecule has 0 aromatic heterocycles. The van der Waals surface area contributed by atoms with Gasteiger partial charge >= 0.3 is 0 Å². The summed E-state index contributed by atoms with van der Waals surface area (Å²) in [4.78, 5) is 8.65. The normalized spacial score (nSPS) is 19.8. The van der Waals surface area contributed by atoms with Crippen LogP contribution in [0.2, 0.25) is 0 Å². The zero-order chi connectivity index (χ0) is 7.49. The van der Waals surface area contributed by atoms with Crippen LogP contribution in [0.3, 0.4) is 0 Å². The van der Waals surface area contributed by atoms with E-state index in [2.05, 4.69) is 0 Å². The maximum Gasteiger partial charge on any atom is 0.216 e. The van der Waals surface area contributed by atoms with Crippen LogP contribution in [0.15, 0.2) is 0 Å². The molecular formula is C4H8NO3P. The molecule has 0 aliphatic carbocycles. The fourth-order valence-electron chi connectivity index (χ4n) is 0.299. The Kier molecular flexibility index (Phi) is 2.86. The highest BCUT2D eigenvalue weighted by atomic mass is 31.2. The summed E-state index contributed by atoms with van der Waals surface area (Å²) < 4.78 is 10.5. The molecule has 0 amide bonds. The van der Waals surface area contributed by atoms with Gasteiger partial charge in [0.25, 0.3) is 0 Å². The largest absolute Gasteiger partial charge is 0.394 e. The molecule has 0 spiro atoms. The summed E-state index contributed by atoms with van der Waals surface area (Å²) >= 11 is 0. The third kappa shape index (κ3) is 2.62. The van der Waals surface area contributed by atoms with Crippen molar-refractivity contribution < 1.29 is 14.6 Å². The summed E-state index contributed by atoms with van der Waals surface area (Å²) in [6.45, 7) is 0.498. The van der Waals surface area contributed by atoms with Crippen molar-refractivity contribution in [2.24, 2.45) is 0 Å². The van der Waals surface area contributed by atoms with Crippen molar-refractivity contribution in [3.05, 3.63) is 0 Å². The number of aliphatic hydroxyl groups excluding tert-OH is 1. The van der Waals surface area contributed by atoms with Gasteiger partial charge in [-0.05, 0) is 0 Å². The second-order valence-corrected chi connectivity index (χ2v) is 4.28. The smallest absolute Gasteiger partial charge is 0.216 e. The van der Waals surface area contributed by atoms with Gasteiger partial charge in [0.1, 0.15) is 5.66 Å². The molecule has 4 nitrogen and oxygen atoms in total. The fourth-order valence-corrected chi connectivity index (χ4v) is 0.817. The van der Waals surface area contributed by atoms with Crippen molar-refractivity contribution in [2.45, 2.75) is 5.66 Å². The number of rotatable bonds is 2. The van der Waals surface area contributed by atoms with Crippen LogP contribution in [-0.2, 0) is 4.57 Å². The highest BCUT2D eigenvalue weighted by Gasteiger charge is 2.23. The third-order valence-corrected chi connectivity index (χ3v) is 2.34. The summed E-state index contributed by atoms with van der Waals surface area (Å²) in [5, 5.41) is 16.4. The Labute approximate surface area is 53.2 Å². The first-order valence-electron chi connectivity index (χ1n) is 2.32. The maximum atomic E-state index is 10.5. The van der Waals surface area contributed by atoms with Crippen LogP contribution in [0.5, 0.6) is 0 Å². The Balaban J connectivity index is 4.18. The molecular weight excluding hydrogens is 141 g/mol. The average molecular weight is 149 g/mol. The summed E-state index contributed by atoms with van der Waals surface area (Å²) in [7, 11) is -3.39. The average Bonchev–Trinajstić information content (AvgIpc) is 1.65. The van der Waals surface area contributed by atoms with Crippen molar-refractivity contribution in [1.82, 2.24) is 0 Å². The molecule has 0 bridgehead atoms. The van der Waals surface area contributed by atoms with Gasteiger partial charge in [0.15, 0.2) is 0 Å². The summed E-state index contributed by atoms with van der Waals surface area (Å²) in [5.41, 5.74) is -1.13. The SMILES string of the molecule is CP(=O)(O)C(C#N)CO. The lowest BCUT2D eigenvalue weighted by Gasteiger charge is -2.07. The van der Waals surface area contributed by atoms with Crippen LogP contribution >= 0.6 is 7.37 Å². The van der Waals surface area contributed by atoms with Crippen LogP contribution in [0.1, 0.15) is 0 Å². The monoisotopic (exact) mass is 149 g/mol. The standard InChI is InChI=1S/C4H8NO3P/c1-9(7,8)4(2-5)3-6/h4,6H,3H2,1H3,(H,7,8). The minimum Gasteiger partial charge on any atom is -0.394 e. The summed E-state index contributed by atoms with van der Waals surface area (Å²) in [6.07, 6.45) is 0. The molecule has 0 rings (SSSR count). The van der Waals surface area contributed by atoms with Crippen molar-refractivity contribution in [3.8, 4) is 6.07 Å². The topological polar surface area (TPSA) is 81.3 Å².